The second kappa shape index (κ2) is 6.88. The number of fused-ring (bicyclic) bond motifs is 1. The van der Waals surface area contributed by atoms with Gasteiger partial charge < -0.3 is 10.2 Å². The molecule has 1 amide bonds. The van der Waals surface area contributed by atoms with Gasteiger partial charge in [0.15, 0.2) is 0 Å². The summed E-state index contributed by atoms with van der Waals surface area (Å²) in [5.74, 6) is -0.587. The lowest BCUT2D eigenvalue weighted by Gasteiger charge is -2.28. The lowest BCUT2D eigenvalue weighted by molar-refractivity contribution is 0.102. The summed E-state index contributed by atoms with van der Waals surface area (Å²) in [6, 6.07) is 10.2. The monoisotopic (exact) mass is 352 g/mol. The molecular weight excluding hydrogens is 331 g/mol. The van der Waals surface area contributed by atoms with E-state index in [4.69, 9.17) is 0 Å². The first-order valence-corrected chi connectivity index (χ1v) is 8.83. The number of aromatic nitrogens is 2. The molecule has 0 atom stereocenters. The van der Waals surface area contributed by atoms with Gasteiger partial charge >= 0.3 is 0 Å². The van der Waals surface area contributed by atoms with Crippen LogP contribution in [0.1, 0.15) is 29.2 Å². The van der Waals surface area contributed by atoms with Crippen LogP contribution in [-0.2, 0) is 0 Å². The molecule has 0 spiro atoms. The molecule has 1 aliphatic rings. The van der Waals surface area contributed by atoms with Crippen molar-refractivity contribution in [2.75, 3.05) is 25.5 Å². The van der Waals surface area contributed by atoms with Gasteiger partial charge in [0.05, 0.1) is 17.9 Å². The maximum Gasteiger partial charge on any atom is 0.256 e. The van der Waals surface area contributed by atoms with E-state index in [1.807, 2.05) is 10.9 Å². The number of amides is 1. The molecule has 1 N–H and O–H groups in total. The zero-order valence-corrected chi connectivity index (χ0v) is 14.7. The Bertz CT molecular complexity index is 944. The smallest absolute Gasteiger partial charge is 0.256 e. The van der Waals surface area contributed by atoms with E-state index in [-0.39, 0.29) is 11.7 Å². The molecule has 0 unspecified atom stereocenters. The van der Waals surface area contributed by atoms with Crippen molar-refractivity contribution < 1.29 is 9.18 Å². The summed E-state index contributed by atoms with van der Waals surface area (Å²) in [7, 11) is 2.12. The van der Waals surface area contributed by atoms with Crippen molar-refractivity contribution in [3.63, 3.8) is 0 Å². The van der Waals surface area contributed by atoms with Gasteiger partial charge in [-0.05, 0) is 50.5 Å². The van der Waals surface area contributed by atoms with Crippen molar-refractivity contribution >= 4 is 22.4 Å². The minimum absolute atomic E-state index is 0.260. The molecule has 134 valence electrons. The fourth-order valence-electron chi connectivity index (χ4n) is 3.52. The first-order valence-electron chi connectivity index (χ1n) is 8.83. The number of nitrogens with zero attached hydrogens (tertiary/aromatic N) is 3. The fraction of sp³-hybridized carbons (Fsp3) is 0.300. The summed E-state index contributed by atoms with van der Waals surface area (Å²) in [5.41, 5.74) is 1.11. The molecule has 1 fully saturated rings. The average Bonchev–Trinajstić information content (AvgIpc) is 3.11. The van der Waals surface area contributed by atoms with Crippen molar-refractivity contribution in [1.82, 2.24) is 14.7 Å². The van der Waals surface area contributed by atoms with Crippen LogP contribution in [0.25, 0.3) is 10.8 Å². The second-order valence-electron chi connectivity index (χ2n) is 6.84. The fourth-order valence-corrected chi connectivity index (χ4v) is 3.52. The van der Waals surface area contributed by atoms with Crippen LogP contribution in [0.2, 0.25) is 0 Å². The van der Waals surface area contributed by atoms with Crippen LogP contribution in [0.4, 0.5) is 10.1 Å². The zero-order chi connectivity index (χ0) is 18.1. The Balaban J connectivity index is 1.53. The van der Waals surface area contributed by atoms with Crippen LogP contribution in [0.15, 0.2) is 48.8 Å². The Hall–Kier alpha value is -2.73. The number of carbonyl (C=O) groups excluding carboxylic acids is 1. The van der Waals surface area contributed by atoms with Gasteiger partial charge in [-0.3, -0.25) is 9.48 Å². The van der Waals surface area contributed by atoms with Crippen LogP contribution >= 0.6 is 0 Å². The average molecular weight is 352 g/mol. The molecular formula is C20H21FN4O. The van der Waals surface area contributed by atoms with E-state index in [1.165, 1.54) is 12.1 Å². The molecule has 0 radical (unpaired) electrons. The number of rotatable bonds is 3. The Kier molecular flexibility index (Phi) is 4.42. The molecule has 4 rings (SSSR count). The highest BCUT2D eigenvalue weighted by molar-refractivity contribution is 6.12. The number of piperidine rings is 1. The van der Waals surface area contributed by atoms with E-state index in [1.54, 1.807) is 30.5 Å². The van der Waals surface area contributed by atoms with E-state index in [9.17, 15) is 9.18 Å². The van der Waals surface area contributed by atoms with Gasteiger partial charge in [0.25, 0.3) is 5.91 Å². The maximum atomic E-state index is 13.9. The molecule has 0 aliphatic carbocycles. The highest BCUT2D eigenvalue weighted by Crippen LogP contribution is 2.24. The number of halogens is 1. The van der Waals surface area contributed by atoms with Crippen LogP contribution in [0, 0.1) is 5.82 Å². The largest absolute Gasteiger partial charge is 0.319 e. The molecule has 3 aromatic rings. The number of carbonyl (C=O) groups is 1. The van der Waals surface area contributed by atoms with Gasteiger partial charge in [-0.2, -0.15) is 5.10 Å². The Labute approximate surface area is 151 Å². The summed E-state index contributed by atoms with van der Waals surface area (Å²) < 4.78 is 15.9. The number of anilines is 1. The van der Waals surface area contributed by atoms with Gasteiger partial charge in [0.1, 0.15) is 5.82 Å². The standard InChI is InChI=1S/C20H21FN4O/c1-24-10-8-15(9-11-24)25-13-14(12-22-25)23-20(26)18-6-7-19(21)17-5-3-2-4-16(17)18/h2-7,12-13,15H,8-11H2,1H3,(H,23,26). The number of hydrogen-bond acceptors (Lipinski definition) is 3. The molecule has 2 heterocycles. The third kappa shape index (κ3) is 3.20. The highest BCUT2D eigenvalue weighted by atomic mass is 19.1. The minimum Gasteiger partial charge on any atom is -0.319 e. The Morgan fingerprint density at radius 3 is 2.65 bits per heavy atom. The first-order chi connectivity index (χ1) is 12.6. The van der Waals surface area contributed by atoms with Crippen molar-refractivity contribution in [3.8, 4) is 0 Å². The lowest BCUT2D eigenvalue weighted by Crippen LogP contribution is -2.31. The molecule has 26 heavy (non-hydrogen) atoms. The normalized spacial score (nSPS) is 16.1. The van der Waals surface area contributed by atoms with Gasteiger partial charge in [-0.15, -0.1) is 0 Å². The molecule has 6 heteroatoms. The van der Waals surface area contributed by atoms with Crippen molar-refractivity contribution in [2.45, 2.75) is 18.9 Å². The van der Waals surface area contributed by atoms with Gasteiger partial charge in [-0.25, -0.2) is 4.39 Å². The predicted octanol–water partition coefficient (Wildman–Crippen LogP) is 3.69. The number of nitrogens with one attached hydrogen (secondary N) is 1. The molecule has 1 aromatic heterocycles. The van der Waals surface area contributed by atoms with Gasteiger partial charge in [0, 0.05) is 17.1 Å². The number of hydrogen-bond donors (Lipinski definition) is 1. The molecule has 0 saturated carbocycles. The SMILES string of the molecule is CN1CCC(n2cc(NC(=O)c3ccc(F)c4ccccc34)cn2)CC1. The van der Waals surface area contributed by atoms with Gasteiger partial charge in [0.2, 0.25) is 0 Å². The van der Waals surface area contributed by atoms with E-state index < -0.39 is 0 Å². The van der Waals surface area contributed by atoms with Crippen LogP contribution < -0.4 is 5.32 Å². The Morgan fingerprint density at radius 1 is 1.15 bits per heavy atom. The first kappa shape index (κ1) is 16.7. The van der Waals surface area contributed by atoms with E-state index in [2.05, 4.69) is 22.4 Å². The van der Waals surface area contributed by atoms with Gasteiger partial charge in [-0.1, -0.05) is 24.3 Å². The minimum atomic E-state index is -0.327. The summed E-state index contributed by atoms with van der Waals surface area (Å²) in [6.45, 7) is 2.10. The van der Waals surface area contributed by atoms with E-state index in [0.29, 0.717) is 28.1 Å². The molecule has 1 aliphatic heterocycles. The highest BCUT2D eigenvalue weighted by Gasteiger charge is 2.19. The summed E-state index contributed by atoms with van der Waals surface area (Å²) >= 11 is 0. The van der Waals surface area contributed by atoms with E-state index in [0.717, 1.165) is 25.9 Å². The maximum absolute atomic E-state index is 13.9. The summed E-state index contributed by atoms with van der Waals surface area (Å²) in [6.07, 6.45) is 5.64. The molecule has 1 saturated heterocycles. The Morgan fingerprint density at radius 2 is 1.88 bits per heavy atom. The van der Waals surface area contributed by atoms with Crippen LogP contribution in [-0.4, -0.2) is 40.7 Å². The number of likely N-dealkylation sites (tertiary alicyclic amines) is 1. The van der Waals surface area contributed by atoms with Crippen LogP contribution in [0.3, 0.4) is 0 Å². The predicted molar refractivity (Wildman–Crippen MR) is 99.9 cm³/mol. The van der Waals surface area contributed by atoms with Crippen molar-refractivity contribution in [2.24, 2.45) is 0 Å². The summed E-state index contributed by atoms with van der Waals surface area (Å²) in [4.78, 5) is 15.0. The van der Waals surface area contributed by atoms with Crippen molar-refractivity contribution in [3.05, 3.63) is 60.2 Å². The molecule has 5 nitrogen and oxygen atoms in total. The van der Waals surface area contributed by atoms with Crippen molar-refractivity contribution in [1.29, 1.82) is 0 Å². The second-order valence-corrected chi connectivity index (χ2v) is 6.84. The van der Waals surface area contributed by atoms with Crippen LogP contribution in [0.5, 0.6) is 0 Å². The third-order valence-electron chi connectivity index (χ3n) is 5.04. The summed E-state index contributed by atoms with van der Waals surface area (Å²) in [5, 5.41) is 8.35. The lowest BCUT2D eigenvalue weighted by atomic mass is 10.0. The molecule has 2 aromatic carbocycles. The zero-order valence-electron chi connectivity index (χ0n) is 14.7. The quantitative estimate of drug-likeness (QED) is 0.782. The topological polar surface area (TPSA) is 50.2 Å². The van der Waals surface area contributed by atoms with E-state index >= 15 is 0 Å². The third-order valence-corrected chi connectivity index (χ3v) is 5.04. The number of benzene rings is 2. The molecule has 0 bridgehead atoms.